The number of thiophene rings is 1. The van der Waals surface area contributed by atoms with E-state index in [4.69, 9.17) is 0 Å². The van der Waals surface area contributed by atoms with Crippen LogP contribution in [-0.2, 0) is 0 Å². The highest BCUT2D eigenvalue weighted by Gasteiger charge is 2.15. The van der Waals surface area contributed by atoms with Gasteiger partial charge in [0, 0.05) is 12.6 Å². The lowest BCUT2D eigenvalue weighted by atomic mass is 10.1. The third-order valence-corrected chi connectivity index (χ3v) is 3.50. The first kappa shape index (κ1) is 10.6. The van der Waals surface area contributed by atoms with Gasteiger partial charge in [0.15, 0.2) is 0 Å². The van der Waals surface area contributed by atoms with E-state index in [0.29, 0.717) is 6.04 Å². The maximum absolute atomic E-state index is 11.8. The fraction of sp³-hybridized carbons (Fsp3) is 0.545. The molecule has 2 heterocycles. The number of nitrogens with one attached hydrogen (secondary N) is 2. The molecule has 2 rings (SSSR count). The van der Waals surface area contributed by atoms with Crippen LogP contribution in [0.25, 0.3) is 0 Å². The minimum absolute atomic E-state index is 0.0682. The Kier molecular flexibility index (Phi) is 3.75. The summed E-state index contributed by atoms with van der Waals surface area (Å²) in [4.78, 5) is 12.6. The predicted octanol–water partition coefficient (Wildman–Crippen LogP) is 1.62. The van der Waals surface area contributed by atoms with Crippen LogP contribution in [0.4, 0.5) is 0 Å². The number of carbonyl (C=O) groups is 1. The van der Waals surface area contributed by atoms with Gasteiger partial charge in [-0.05, 0) is 30.8 Å². The minimum Gasteiger partial charge on any atom is -0.347 e. The normalized spacial score (nSPS) is 22.0. The number of hydrogen-bond donors (Lipinski definition) is 2. The topological polar surface area (TPSA) is 41.1 Å². The van der Waals surface area contributed by atoms with E-state index in [0.717, 1.165) is 24.4 Å². The first-order valence-electron chi connectivity index (χ1n) is 5.41. The highest BCUT2D eigenvalue weighted by atomic mass is 32.1. The largest absolute Gasteiger partial charge is 0.347 e. The van der Waals surface area contributed by atoms with Crippen LogP contribution in [0.3, 0.4) is 0 Å². The summed E-state index contributed by atoms with van der Waals surface area (Å²) in [7, 11) is 0. The van der Waals surface area contributed by atoms with Crippen LogP contribution in [-0.4, -0.2) is 25.0 Å². The highest BCUT2D eigenvalue weighted by Crippen LogP contribution is 2.10. The van der Waals surface area contributed by atoms with Crippen molar-refractivity contribution in [3.63, 3.8) is 0 Å². The van der Waals surface area contributed by atoms with E-state index in [1.165, 1.54) is 24.2 Å². The number of hydrogen-bond acceptors (Lipinski definition) is 3. The Hall–Kier alpha value is -0.870. The monoisotopic (exact) mass is 224 g/mol. The number of rotatable bonds is 2. The molecule has 1 aliphatic heterocycles. The summed E-state index contributed by atoms with van der Waals surface area (Å²) in [5.74, 6) is 0.0682. The average molecular weight is 224 g/mol. The maximum Gasteiger partial charge on any atom is 0.261 e. The molecule has 1 aromatic rings. The molecule has 3 nitrogen and oxygen atoms in total. The van der Waals surface area contributed by atoms with Crippen LogP contribution in [0, 0.1) is 0 Å². The Labute approximate surface area is 93.9 Å². The first-order valence-corrected chi connectivity index (χ1v) is 6.29. The van der Waals surface area contributed by atoms with Gasteiger partial charge < -0.3 is 10.6 Å². The molecule has 1 amide bonds. The number of carbonyl (C=O) groups excluding carboxylic acids is 1. The highest BCUT2D eigenvalue weighted by molar-refractivity contribution is 7.12. The van der Waals surface area contributed by atoms with Gasteiger partial charge in [-0.3, -0.25) is 4.79 Å². The van der Waals surface area contributed by atoms with Crippen LogP contribution in [0.5, 0.6) is 0 Å². The van der Waals surface area contributed by atoms with Crippen LogP contribution in [0.1, 0.15) is 28.9 Å². The van der Waals surface area contributed by atoms with Crippen molar-refractivity contribution in [1.82, 2.24) is 10.6 Å². The predicted molar refractivity (Wildman–Crippen MR) is 62.3 cm³/mol. The van der Waals surface area contributed by atoms with Crippen LogP contribution in [0.15, 0.2) is 17.5 Å². The third kappa shape index (κ3) is 3.04. The molecule has 0 spiro atoms. The molecule has 2 N–H and O–H groups in total. The van der Waals surface area contributed by atoms with Gasteiger partial charge in [0.05, 0.1) is 4.88 Å². The summed E-state index contributed by atoms with van der Waals surface area (Å²) in [6.07, 6.45) is 3.50. The summed E-state index contributed by atoms with van der Waals surface area (Å²) in [5.41, 5.74) is 0. The lowest BCUT2D eigenvalue weighted by Crippen LogP contribution is -2.40. The fourth-order valence-electron chi connectivity index (χ4n) is 1.81. The summed E-state index contributed by atoms with van der Waals surface area (Å²) < 4.78 is 0. The maximum atomic E-state index is 11.8. The molecule has 15 heavy (non-hydrogen) atoms. The Bertz CT molecular complexity index is 302. The molecule has 0 saturated carbocycles. The van der Waals surface area contributed by atoms with E-state index in [-0.39, 0.29) is 5.91 Å². The molecule has 82 valence electrons. The summed E-state index contributed by atoms with van der Waals surface area (Å²) in [5, 5.41) is 8.34. The van der Waals surface area contributed by atoms with Crippen molar-refractivity contribution in [1.29, 1.82) is 0 Å². The average Bonchev–Trinajstić information content (AvgIpc) is 2.65. The van der Waals surface area contributed by atoms with Gasteiger partial charge >= 0.3 is 0 Å². The van der Waals surface area contributed by atoms with Crippen LogP contribution < -0.4 is 10.6 Å². The molecular weight excluding hydrogens is 208 g/mol. The Morgan fingerprint density at radius 2 is 2.47 bits per heavy atom. The number of amides is 1. The lowest BCUT2D eigenvalue weighted by molar-refractivity contribution is 0.0939. The zero-order chi connectivity index (χ0) is 10.5. The van der Waals surface area contributed by atoms with E-state index in [9.17, 15) is 4.79 Å². The minimum atomic E-state index is 0.0682. The molecule has 1 atom stereocenters. The first-order chi connectivity index (χ1) is 7.36. The quantitative estimate of drug-likeness (QED) is 0.801. The van der Waals surface area contributed by atoms with Gasteiger partial charge in [-0.2, -0.15) is 0 Å². The van der Waals surface area contributed by atoms with E-state index >= 15 is 0 Å². The van der Waals surface area contributed by atoms with Crippen molar-refractivity contribution >= 4 is 17.2 Å². The lowest BCUT2D eigenvalue weighted by Gasteiger charge is -2.15. The van der Waals surface area contributed by atoms with Gasteiger partial charge in [0.2, 0.25) is 0 Å². The van der Waals surface area contributed by atoms with Gasteiger partial charge in [0.25, 0.3) is 5.91 Å². The zero-order valence-electron chi connectivity index (χ0n) is 8.66. The smallest absolute Gasteiger partial charge is 0.261 e. The third-order valence-electron chi connectivity index (χ3n) is 2.63. The van der Waals surface area contributed by atoms with E-state index in [1.807, 2.05) is 17.5 Å². The molecule has 0 aliphatic carbocycles. The molecule has 1 aromatic heterocycles. The molecule has 1 unspecified atom stereocenters. The van der Waals surface area contributed by atoms with Crippen molar-refractivity contribution in [2.75, 3.05) is 13.1 Å². The van der Waals surface area contributed by atoms with Gasteiger partial charge in [-0.1, -0.05) is 12.5 Å². The standard InChI is InChI=1S/C11H16N2OS/c14-11(10-5-3-7-15-10)13-9-4-1-2-6-12-8-9/h3,5,7,9,12H,1-2,4,6,8H2,(H,13,14). The second-order valence-corrected chi connectivity index (χ2v) is 4.80. The van der Waals surface area contributed by atoms with E-state index < -0.39 is 0 Å². The molecule has 4 heteroatoms. The van der Waals surface area contributed by atoms with Crippen LogP contribution >= 0.6 is 11.3 Å². The van der Waals surface area contributed by atoms with Crippen molar-refractivity contribution in [2.24, 2.45) is 0 Å². The zero-order valence-corrected chi connectivity index (χ0v) is 9.48. The molecule has 0 aromatic carbocycles. The Morgan fingerprint density at radius 1 is 1.53 bits per heavy atom. The van der Waals surface area contributed by atoms with Gasteiger partial charge in [-0.15, -0.1) is 11.3 Å². The SMILES string of the molecule is O=C(NC1CCCCNC1)c1cccs1. The fourth-order valence-corrected chi connectivity index (χ4v) is 2.43. The molecule has 1 saturated heterocycles. The van der Waals surface area contributed by atoms with E-state index in [1.54, 1.807) is 0 Å². The van der Waals surface area contributed by atoms with E-state index in [2.05, 4.69) is 10.6 Å². The molecule has 0 radical (unpaired) electrons. The van der Waals surface area contributed by atoms with Crippen molar-refractivity contribution in [3.8, 4) is 0 Å². The molecule has 1 aliphatic rings. The van der Waals surface area contributed by atoms with Gasteiger partial charge in [0.1, 0.15) is 0 Å². The molecule has 0 bridgehead atoms. The summed E-state index contributed by atoms with van der Waals surface area (Å²) >= 11 is 1.49. The second kappa shape index (κ2) is 5.28. The Balaban J connectivity index is 1.87. The summed E-state index contributed by atoms with van der Waals surface area (Å²) in [6.45, 7) is 1.97. The molecular formula is C11H16N2OS. The van der Waals surface area contributed by atoms with Crippen molar-refractivity contribution < 1.29 is 4.79 Å². The van der Waals surface area contributed by atoms with Gasteiger partial charge in [-0.25, -0.2) is 0 Å². The Morgan fingerprint density at radius 3 is 3.27 bits per heavy atom. The summed E-state index contributed by atoms with van der Waals surface area (Å²) in [6, 6.07) is 4.07. The molecule has 1 fully saturated rings. The van der Waals surface area contributed by atoms with Crippen molar-refractivity contribution in [3.05, 3.63) is 22.4 Å². The van der Waals surface area contributed by atoms with Crippen molar-refractivity contribution in [2.45, 2.75) is 25.3 Å². The second-order valence-electron chi connectivity index (χ2n) is 3.85. The van der Waals surface area contributed by atoms with Crippen LogP contribution in [0.2, 0.25) is 0 Å².